The van der Waals surface area contributed by atoms with Crippen molar-refractivity contribution in [1.82, 2.24) is 9.78 Å². The molecule has 0 radical (unpaired) electrons. The number of carbonyl (C=O) groups is 1. The first kappa shape index (κ1) is 15.1. The summed E-state index contributed by atoms with van der Waals surface area (Å²) in [5.41, 5.74) is 1.28. The average molecular weight is 404 g/mol. The molecule has 1 aromatic carbocycles. The first-order chi connectivity index (χ1) is 9.47. The van der Waals surface area contributed by atoms with E-state index in [-0.39, 0.29) is 5.56 Å². The summed E-state index contributed by atoms with van der Waals surface area (Å²) in [5.74, 6) is -0.382. The zero-order valence-corrected chi connectivity index (χ0v) is 13.8. The largest absolute Gasteiger partial charge is 0.491 e. The Morgan fingerprint density at radius 2 is 2.05 bits per heavy atom. The van der Waals surface area contributed by atoms with E-state index < -0.39 is 5.97 Å². The van der Waals surface area contributed by atoms with Crippen molar-refractivity contribution in [2.75, 3.05) is 6.61 Å². The second-order valence-corrected chi connectivity index (χ2v) is 5.90. The lowest BCUT2D eigenvalue weighted by Crippen LogP contribution is -2.03. The van der Waals surface area contributed by atoms with Gasteiger partial charge in [-0.2, -0.15) is 5.10 Å². The molecule has 20 heavy (non-hydrogen) atoms. The Morgan fingerprint density at radius 1 is 1.40 bits per heavy atom. The fraction of sp³-hybridized carbons (Fsp3) is 0.231. The minimum atomic E-state index is -0.978. The van der Waals surface area contributed by atoms with Crippen LogP contribution in [0.25, 0.3) is 0 Å². The summed E-state index contributed by atoms with van der Waals surface area (Å²) in [4.78, 5) is 10.9. The summed E-state index contributed by atoms with van der Waals surface area (Å²) in [7, 11) is 1.86. The van der Waals surface area contributed by atoms with Crippen molar-refractivity contribution in [2.45, 2.75) is 6.42 Å². The Bertz CT molecular complexity index is 617. The Balaban J connectivity index is 2.04. The Morgan fingerprint density at radius 3 is 2.55 bits per heavy atom. The van der Waals surface area contributed by atoms with Crippen molar-refractivity contribution in [3.8, 4) is 5.75 Å². The van der Waals surface area contributed by atoms with Gasteiger partial charge in [0.2, 0.25) is 0 Å². The lowest BCUT2D eigenvalue weighted by molar-refractivity contribution is 0.0696. The number of hydrogen-bond acceptors (Lipinski definition) is 3. The fourth-order valence-corrected chi connectivity index (χ4v) is 3.11. The van der Waals surface area contributed by atoms with Crippen LogP contribution >= 0.6 is 31.9 Å². The van der Waals surface area contributed by atoms with E-state index >= 15 is 0 Å². The minimum Gasteiger partial charge on any atom is -0.491 e. The van der Waals surface area contributed by atoms with Gasteiger partial charge in [0.1, 0.15) is 5.75 Å². The van der Waals surface area contributed by atoms with E-state index in [4.69, 9.17) is 9.84 Å². The predicted octanol–water partition coefficient (Wildman–Crippen LogP) is 3.26. The van der Waals surface area contributed by atoms with Gasteiger partial charge in [0, 0.05) is 19.7 Å². The number of carboxylic acid groups (broad SMARTS) is 1. The number of carboxylic acids is 1. The summed E-state index contributed by atoms with van der Waals surface area (Å²) < 4.78 is 8.64. The maximum atomic E-state index is 10.9. The SMILES string of the molecule is Cn1cc(CCOc2c(Br)cc(C(=O)O)cc2Br)cn1. The van der Waals surface area contributed by atoms with Crippen LogP contribution in [0.1, 0.15) is 15.9 Å². The molecule has 106 valence electrons. The molecule has 7 heteroatoms. The van der Waals surface area contributed by atoms with E-state index in [9.17, 15) is 4.79 Å². The molecule has 1 N–H and O–H groups in total. The van der Waals surface area contributed by atoms with Gasteiger partial charge in [-0.15, -0.1) is 0 Å². The molecule has 2 aromatic rings. The Labute approximate surface area is 132 Å². The van der Waals surface area contributed by atoms with Gasteiger partial charge < -0.3 is 9.84 Å². The van der Waals surface area contributed by atoms with E-state index in [1.807, 2.05) is 13.2 Å². The quantitative estimate of drug-likeness (QED) is 0.832. The molecule has 1 aromatic heterocycles. The van der Waals surface area contributed by atoms with Crippen LogP contribution in [0.2, 0.25) is 0 Å². The van der Waals surface area contributed by atoms with Crippen LogP contribution in [-0.2, 0) is 13.5 Å². The van der Waals surface area contributed by atoms with Crippen LogP contribution in [0.3, 0.4) is 0 Å². The summed E-state index contributed by atoms with van der Waals surface area (Å²) >= 11 is 6.64. The number of rotatable bonds is 5. The van der Waals surface area contributed by atoms with Crippen LogP contribution < -0.4 is 4.74 Å². The van der Waals surface area contributed by atoms with E-state index in [1.165, 1.54) is 12.1 Å². The fourth-order valence-electron chi connectivity index (χ4n) is 1.69. The van der Waals surface area contributed by atoms with Gasteiger partial charge >= 0.3 is 5.97 Å². The highest BCUT2D eigenvalue weighted by Gasteiger charge is 2.12. The third-order valence-corrected chi connectivity index (χ3v) is 3.82. The number of hydrogen-bond donors (Lipinski definition) is 1. The van der Waals surface area contributed by atoms with Gasteiger partial charge in [-0.1, -0.05) is 0 Å². The first-order valence-corrected chi connectivity index (χ1v) is 7.38. The van der Waals surface area contributed by atoms with Crippen molar-refractivity contribution in [3.05, 3.63) is 44.6 Å². The molecule has 0 unspecified atom stereocenters. The van der Waals surface area contributed by atoms with Crippen molar-refractivity contribution >= 4 is 37.8 Å². The highest BCUT2D eigenvalue weighted by Crippen LogP contribution is 2.34. The highest BCUT2D eigenvalue weighted by molar-refractivity contribution is 9.11. The van der Waals surface area contributed by atoms with Crippen LogP contribution in [0.5, 0.6) is 5.75 Å². The standard InChI is InChI=1S/C13H12Br2N2O3/c1-17-7-8(6-16-17)2-3-20-12-10(14)4-9(13(18)19)5-11(12)15/h4-7H,2-3H2,1H3,(H,18,19). The predicted molar refractivity (Wildman–Crippen MR) is 81.2 cm³/mol. The van der Waals surface area contributed by atoms with E-state index in [2.05, 4.69) is 37.0 Å². The third-order valence-electron chi connectivity index (χ3n) is 2.64. The molecule has 0 bridgehead atoms. The molecular formula is C13H12Br2N2O3. The molecule has 2 rings (SSSR count). The number of nitrogens with zero attached hydrogens (tertiary/aromatic N) is 2. The number of ether oxygens (including phenoxy) is 1. The molecule has 0 aliphatic heterocycles. The molecule has 0 aliphatic carbocycles. The van der Waals surface area contributed by atoms with Gasteiger partial charge in [-0.05, 0) is 49.6 Å². The van der Waals surface area contributed by atoms with Gasteiger partial charge in [-0.3, -0.25) is 4.68 Å². The number of aromatic nitrogens is 2. The zero-order valence-electron chi connectivity index (χ0n) is 10.6. The summed E-state index contributed by atoms with van der Waals surface area (Å²) in [6.07, 6.45) is 4.45. The number of halogens is 2. The molecule has 0 aliphatic rings. The van der Waals surface area contributed by atoms with Gasteiger partial charge in [0.25, 0.3) is 0 Å². The normalized spacial score (nSPS) is 10.6. The maximum absolute atomic E-state index is 10.9. The van der Waals surface area contributed by atoms with Gasteiger partial charge in [-0.25, -0.2) is 4.79 Å². The molecule has 0 saturated heterocycles. The molecule has 0 fully saturated rings. The van der Waals surface area contributed by atoms with Crippen molar-refractivity contribution < 1.29 is 14.6 Å². The molecule has 0 amide bonds. The summed E-state index contributed by atoms with van der Waals surface area (Å²) in [6.45, 7) is 0.481. The second-order valence-electron chi connectivity index (χ2n) is 4.19. The van der Waals surface area contributed by atoms with E-state index in [0.717, 1.165) is 12.0 Å². The monoisotopic (exact) mass is 402 g/mol. The molecule has 0 saturated carbocycles. The van der Waals surface area contributed by atoms with Crippen LogP contribution in [0, 0.1) is 0 Å². The van der Waals surface area contributed by atoms with Crippen molar-refractivity contribution in [1.29, 1.82) is 0 Å². The first-order valence-electron chi connectivity index (χ1n) is 5.80. The summed E-state index contributed by atoms with van der Waals surface area (Å²) in [5, 5.41) is 13.0. The van der Waals surface area contributed by atoms with Gasteiger partial charge in [0.05, 0.1) is 27.3 Å². The van der Waals surface area contributed by atoms with Gasteiger partial charge in [0.15, 0.2) is 0 Å². The summed E-state index contributed by atoms with van der Waals surface area (Å²) in [6, 6.07) is 3.04. The maximum Gasteiger partial charge on any atom is 0.335 e. The number of aryl methyl sites for hydroxylation is 1. The van der Waals surface area contributed by atoms with Crippen LogP contribution in [0.4, 0.5) is 0 Å². The van der Waals surface area contributed by atoms with Crippen molar-refractivity contribution in [2.24, 2.45) is 7.05 Å². The van der Waals surface area contributed by atoms with E-state index in [1.54, 1.807) is 10.9 Å². The number of aromatic carboxylic acids is 1. The highest BCUT2D eigenvalue weighted by atomic mass is 79.9. The molecule has 1 heterocycles. The molecule has 0 atom stereocenters. The Kier molecular flexibility index (Phi) is 4.82. The minimum absolute atomic E-state index is 0.198. The molecular weight excluding hydrogens is 392 g/mol. The molecule has 5 nitrogen and oxygen atoms in total. The number of benzene rings is 1. The average Bonchev–Trinajstić information content (AvgIpc) is 2.78. The van der Waals surface area contributed by atoms with Crippen LogP contribution in [0.15, 0.2) is 33.5 Å². The second kappa shape index (κ2) is 6.41. The smallest absolute Gasteiger partial charge is 0.335 e. The van der Waals surface area contributed by atoms with Crippen molar-refractivity contribution in [3.63, 3.8) is 0 Å². The lowest BCUT2D eigenvalue weighted by atomic mass is 10.2. The topological polar surface area (TPSA) is 64.3 Å². The van der Waals surface area contributed by atoms with E-state index in [0.29, 0.717) is 21.3 Å². The Hall–Kier alpha value is -1.34. The molecule has 0 spiro atoms. The third kappa shape index (κ3) is 3.61. The van der Waals surface area contributed by atoms with Crippen LogP contribution in [-0.4, -0.2) is 27.5 Å². The zero-order chi connectivity index (χ0) is 14.7. The lowest BCUT2D eigenvalue weighted by Gasteiger charge is -2.10.